The summed E-state index contributed by atoms with van der Waals surface area (Å²) in [6.45, 7) is 6.10. The van der Waals surface area contributed by atoms with E-state index in [9.17, 15) is 0 Å². The maximum Gasteiger partial charge on any atom is 0.00729 e. The Morgan fingerprint density at radius 3 is 2.50 bits per heavy atom. The van der Waals surface area contributed by atoms with Gasteiger partial charge in [-0.1, -0.05) is 31.9 Å². The first-order valence-electron chi connectivity index (χ1n) is 8.14. The molecule has 3 aliphatic rings. The van der Waals surface area contributed by atoms with Gasteiger partial charge in [0.25, 0.3) is 0 Å². The highest BCUT2D eigenvalue weighted by Gasteiger charge is 2.38. The maximum atomic E-state index is 3.86. The van der Waals surface area contributed by atoms with Gasteiger partial charge in [-0.25, -0.2) is 0 Å². The van der Waals surface area contributed by atoms with Gasteiger partial charge in [-0.05, 0) is 68.7 Å². The lowest BCUT2D eigenvalue weighted by molar-refractivity contribution is 0.253. The molecule has 4 unspecified atom stereocenters. The lowest BCUT2D eigenvalue weighted by atomic mass is 9.82. The van der Waals surface area contributed by atoms with Crippen LogP contribution in [0.15, 0.2) is 12.2 Å². The molecular weight excluding hydrogens is 218 g/mol. The third-order valence-electron chi connectivity index (χ3n) is 5.84. The molecule has 0 saturated heterocycles. The molecule has 0 aromatic heterocycles. The summed E-state index contributed by atoms with van der Waals surface area (Å²) in [6, 6.07) is 0.726. The molecule has 102 valence electrons. The van der Waals surface area contributed by atoms with E-state index in [0.717, 1.165) is 35.6 Å². The van der Waals surface area contributed by atoms with Crippen LogP contribution in [0.25, 0.3) is 0 Å². The molecule has 2 fully saturated rings. The van der Waals surface area contributed by atoms with Crippen LogP contribution in [0, 0.1) is 29.6 Å². The van der Waals surface area contributed by atoms with Gasteiger partial charge in [0.05, 0.1) is 0 Å². The Hall–Kier alpha value is -0.300. The summed E-state index contributed by atoms with van der Waals surface area (Å²) in [5.74, 6) is 4.67. The van der Waals surface area contributed by atoms with Crippen molar-refractivity contribution in [2.45, 2.75) is 58.4 Å². The van der Waals surface area contributed by atoms with Gasteiger partial charge >= 0.3 is 0 Å². The van der Waals surface area contributed by atoms with Gasteiger partial charge < -0.3 is 5.32 Å². The predicted octanol–water partition coefficient (Wildman–Crippen LogP) is 4.00. The Morgan fingerprint density at radius 2 is 1.89 bits per heavy atom. The molecule has 0 heterocycles. The Balaban J connectivity index is 1.42. The maximum absolute atomic E-state index is 3.86. The molecule has 2 saturated carbocycles. The van der Waals surface area contributed by atoms with Crippen molar-refractivity contribution in [2.75, 3.05) is 6.54 Å². The molecule has 0 radical (unpaired) electrons. The third-order valence-corrected chi connectivity index (χ3v) is 5.84. The highest BCUT2D eigenvalue weighted by Crippen LogP contribution is 2.44. The molecule has 0 aliphatic heterocycles. The first kappa shape index (κ1) is 12.7. The summed E-state index contributed by atoms with van der Waals surface area (Å²) < 4.78 is 0. The van der Waals surface area contributed by atoms with Crippen molar-refractivity contribution in [3.05, 3.63) is 12.2 Å². The number of fused-ring (bicyclic) bond motifs is 2. The molecule has 1 nitrogen and oxygen atoms in total. The van der Waals surface area contributed by atoms with Crippen LogP contribution >= 0.6 is 0 Å². The Labute approximate surface area is 112 Å². The Kier molecular flexibility index (Phi) is 3.79. The molecule has 1 heteroatoms. The molecule has 2 bridgehead atoms. The molecule has 0 aromatic rings. The van der Waals surface area contributed by atoms with Gasteiger partial charge in [0.2, 0.25) is 0 Å². The van der Waals surface area contributed by atoms with E-state index >= 15 is 0 Å². The van der Waals surface area contributed by atoms with Crippen LogP contribution in [-0.4, -0.2) is 12.6 Å². The highest BCUT2D eigenvalue weighted by molar-refractivity contribution is 5.11. The van der Waals surface area contributed by atoms with Crippen molar-refractivity contribution in [2.24, 2.45) is 29.6 Å². The zero-order valence-electron chi connectivity index (χ0n) is 12.1. The average Bonchev–Trinajstić information content (AvgIpc) is 3.00. The van der Waals surface area contributed by atoms with Gasteiger partial charge in [0.1, 0.15) is 0 Å². The molecule has 0 aromatic carbocycles. The van der Waals surface area contributed by atoms with E-state index in [0.29, 0.717) is 0 Å². The summed E-state index contributed by atoms with van der Waals surface area (Å²) in [5, 5.41) is 3.86. The number of allylic oxidation sites excluding steroid dienone is 2. The van der Waals surface area contributed by atoms with Gasteiger partial charge in [0.15, 0.2) is 0 Å². The molecule has 3 aliphatic carbocycles. The number of hydrogen-bond acceptors (Lipinski definition) is 1. The normalized spacial score (nSPS) is 44.4. The fourth-order valence-corrected chi connectivity index (χ4v) is 4.44. The van der Waals surface area contributed by atoms with E-state index < -0.39 is 0 Å². The van der Waals surface area contributed by atoms with E-state index in [1.807, 2.05) is 0 Å². The van der Waals surface area contributed by atoms with Gasteiger partial charge in [-0.15, -0.1) is 0 Å². The topological polar surface area (TPSA) is 12.0 Å². The summed E-state index contributed by atoms with van der Waals surface area (Å²) in [6.07, 6.45) is 13.6. The molecule has 0 amide bonds. The van der Waals surface area contributed by atoms with E-state index in [1.165, 1.54) is 45.1 Å². The second-order valence-corrected chi connectivity index (χ2v) is 7.27. The quantitative estimate of drug-likeness (QED) is 0.740. The zero-order valence-corrected chi connectivity index (χ0v) is 12.1. The minimum Gasteiger partial charge on any atom is -0.314 e. The van der Waals surface area contributed by atoms with Crippen LogP contribution in [-0.2, 0) is 0 Å². The zero-order chi connectivity index (χ0) is 12.5. The van der Waals surface area contributed by atoms with Crippen molar-refractivity contribution in [3.8, 4) is 0 Å². The van der Waals surface area contributed by atoms with E-state index in [-0.39, 0.29) is 0 Å². The van der Waals surface area contributed by atoms with E-state index in [1.54, 1.807) is 0 Å². The standard InChI is InChI=1S/C17H29N/c1-12-3-5-14(6-4-12)11-18-13(2)17-10-15-7-8-16(17)9-15/h7-8,12-18H,3-6,9-11H2,1-2H3. The van der Waals surface area contributed by atoms with Crippen LogP contribution in [0.1, 0.15) is 52.4 Å². The van der Waals surface area contributed by atoms with Crippen molar-refractivity contribution >= 4 is 0 Å². The molecule has 4 atom stereocenters. The number of nitrogens with one attached hydrogen (secondary N) is 1. The first-order valence-corrected chi connectivity index (χ1v) is 8.14. The van der Waals surface area contributed by atoms with Crippen LogP contribution in [0.3, 0.4) is 0 Å². The monoisotopic (exact) mass is 247 g/mol. The van der Waals surface area contributed by atoms with Crippen molar-refractivity contribution < 1.29 is 0 Å². The lowest BCUT2D eigenvalue weighted by Gasteiger charge is -2.31. The SMILES string of the molecule is CC1CCC(CNC(C)C2CC3C=CC2C3)CC1. The summed E-state index contributed by atoms with van der Waals surface area (Å²) in [4.78, 5) is 0. The largest absolute Gasteiger partial charge is 0.314 e. The molecule has 1 N–H and O–H groups in total. The Morgan fingerprint density at radius 1 is 1.11 bits per heavy atom. The second-order valence-electron chi connectivity index (χ2n) is 7.27. The Bertz CT molecular complexity index is 301. The minimum absolute atomic E-state index is 0.726. The summed E-state index contributed by atoms with van der Waals surface area (Å²) in [5.41, 5.74) is 0. The van der Waals surface area contributed by atoms with Gasteiger partial charge in [-0.3, -0.25) is 0 Å². The van der Waals surface area contributed by atoms with Crippen LogP contribution in [0.5, 0.6) is 0 Å². The smallest absolute Gasteiger partial charge is 0.00729 e. The van der Waals surface area contributed by atoms with Crippen LogP contribution in [0.2, 0.25) is 0 Å². The molecule has 18 heavy (non-hydrogen) atoms. The predicted molar refractivity (Wildman–Crippen MR) is 77.4 cm³/mol. The van der Waals surface area contributed by atoms with Crippen molar-refractivity contribution in [1.29, 1.82) is 0 Å². The molecular formula is C17H29N. The number of rotatable bonds is 4. The van der Waals surface area contributed by atoms with E-state index in [4.69, 9.17) is 0 Å². The van der Waals surface area contributed by atoms with E-state index in [2.05, 4.69) is 31.3 Å². The third kappa shape index (κ3) is 2.66. The lowest BCUT2D eigenvalue weighted by Crippen LogP contribution is -2.39. The van der Waals surface area contributed by atoms with Crippen molar-refractivity contribution in [1.82, 2.24) is 5.32 Å². The minimum atomic E-state index is 0.726. The van der Waals surface area contributed by atoms with Crippen LogP contribution < -0.4 is 5.32 Å². The molecule has 0 spiro atoms. The average molecular weight is 247 g/mol. The van der Waals surface area contributed by atoms with Crippen LogP contribution in [0.4, 0.5) is 0 Å². The number of hydrogen-bond donors (Lipinski definition) is 1. The van der Waals surface area contributed by atoms with Gasteiger partial charge in [-0.2, -0.15) is 0 Å². The highest BCUT2D eigenvalue weighted by atomic mass is 14.9. The van der Waals surface area contributed by atoms with Crippen molar-refractivity contribution in [3.63, 3.8) is 0 Å². The summed E-state index contributed by atoms with van der Waals surface area (Å²) in [7, 11) is 0. The summed E-state index contributed by atoms with van der Waals surface area (Å²) >= 11 is 0. The fraction of sp³-hybridized carbons (Fsp3) is 0.882. The molecule has 3 rings (SSSR count). The fourth-order valence-electron chi connectivity index (χ4n) is 4.44. The first-order chi connectivity index (χ1) is 8.72. The second kappa shape index (κ2) is 5.36. The van der Waals surface area contributed by atoms with Gasteiger partial charge in [0, 0.05) is 6.04 Å².